The third-order valence-corrected chi connectivity index (χ3v) is 6.64. The van der Waals surface area contributed by atoms with Crippen molar-refractivity contribution in [1.29, 1.82) is 0 Å². The largest absolute Gasteiger partial charge is 0.481 e. The molecule has 3 amide bonds. The van der Waals surface area contributed by atoms with Gasteiger partial charge in [-0.25, -0.2) is 4.98 Å². The first-order chi connectivity index (χ1) is 19.8. The zero-order chi connectivity index (χ0) is 29.2. The maximum absolute atomic E-state index is 13.1. The Bertz CT molecular complexity index is 1470. The maximum atomic E-state index is 13.1. The molecule has 41 heavy (non-hydrogen) atoms. The van der Waals surface area contributed by atoms with Crippen molar-refractivity contribution in [3.63, 3.8) is 0 Å². The van der Waals surface area contributed by atoms with Gasteiger partial charge in [0.1, 0.15) is 0 Å². The minimum atomic E-state index is -1.09. The average molecular weight is 560 g/mol. The van der Waals surface area contributed by atoms with E-state index in [4.69, 9.17) is 5.73 Å². The van der Waals surface area contributed by atoms with Crippen LogP contribution in [0.3, 0.4) is 0 Å². The number of carbonyl (C=O) groups is 4. The normalized spacial score (nSPS) is 13.2. The van der Waals surface area contributed by atoms with Crippen LogP contribution in [0.15, 0.2) is 73.3 Å². The topological polar surface area (TPSA) is 195 Å². The summed E-state index contributed by atoms with van der Waals surface area (Å²) in [5.74, 6) is -2.18. The molecule has 3 atom stereocenters. The summed E-state index contributed by atoms with van der Waals surface area (Å²) in [4.78, 5) is 59.7. The Morgan fingerprint density at radius 2 is 1.59 bits per heavy atom. The first-order valence-electron chi connectivity index (χ1n) is 13.2. The van der Waals surface area contributed by atoms with Gasteiger partial charge in [0.2, 0.25) is 17.7 Å². The number of amides is 3. The van der Waals surface area contributed by atoms with E-state index in [1.165, 1.54) is 12.5 Å². The lowest BCUT2D eigenvalue weighted by Gasteiger charge is -2.21. The molecule has 0 saturated heterocycles. The second kappa shape index (κ2) is 13.9. The molecular formula is C29H33N7O5. The highest BCUT2D eigenvalue weighted by Crippen LogP contribution is 2.27. The van der Waals surface area contributed by atoms with Crippen LogP contribution in [0.25, 0.3) is 10.9 Å². The number of nitrogens with one attached hydrogen (secondary N) is 5. The highest BCUT2D eigenvalue weighted by Gasteiger charge is 2.25. The summed E-state index contributed by atoms with van der Waals surface area (Å²) < 4.78 is 0. The van der Waals surface area contributed by atoms with E-state index in [-0.39, 0.29) is 44.0 Å². The zero-order valence-corrected chi connectivity index (χ0v) is 22.3. The number of nitrogens with two attached hydrogens (primary N) is 1. The van der Waals surface area contributed by atoms with E-state index in [9.17, 15) is 24.3 Å². The summed E-state index contributed by atoms with van der Waals surface area (Å²) >= 11 is 0. The van der Waals surface area contributed by atoms with Crippen LogP contribution < -0.4 is 21.7 Å². The smallest absolute Gasteiger partial charge is 0.305 e. The highest BCUT2D eigenvalue weighted by molar-refractivity contribution is 5.87. The average Bonchev–Trinajstić information content (AvgIpc) is 3.63. The second-order valence-electron chi connectivity index (χ2n) is 9.66. The number of aromatic amines is 2. The third kappa shape index (κ3) is 8.26. The number of rotatable bonds is 14. The predicted molar refractivity (Wildman–Crippen MR) is 151 cm³/mol. The Kier molecular flexibility index (Phi) is 9.84. The molecule has 2 heterocycles. The van der Waals surface area contributed by atoms with Crippen molar-refractivity contribution in [2.75, 3.05) is 6.54 Å². The van der Waals surface area contributed by atoms with Crippen molar-refractivity contribution in [1.82, 2.24) is 30.9 Å². The Labute approximate surface area is 236 Å². The summed E-state index contributed by atoms with van der Waals surface area (Å²) in [7, 11) is 0. The van der Waals surface area contributed by atoms with Gasteiger partial charge in [-0.05, 0) is 11.6 Å². The van der Waals surface area contributed by atoms with E-state index in [1.54, 1.807) is 6.20 Å². The molecule has 0 aliphatic carbocycles. The van der Waals surface area contributed by atoms with Gasteiger partial charge in [0.25, 0.3) is 0 Å². The summed E-state index contributed by atoms with van der Waals surface area (Å²) in [5.41, 5.74) is 8.96. The number of nitrogens with zero attached hydrogens (tertiary/aromatic N) is 1. The third-order valence-electron chi connectivity index (χ3n) is 6.64. The standard InChI is InChI=1S/C29H33N7O5/c30-21(18-6-2-1-3-7-18)12-27(38)32-11-10-26(37)35-23(20-15-33-22-9-5-4-8-19(20)22)13-28(39)36-24(14-29(40)41)25-16-31-17-34-25/h1-9,15-17,21,23-24,33H,10-14,30H2,(H,31,34)(H,32,38)(H,35,37)(H,36,39)(H,40,41). The lowest BCUT2D eigenvalue weighted by Crippen LogP contribution is -2.37. The molecule has 214 valence electrons. The van der Waals surface area contributed by atoms with Crippen molar-refractivity contribution in [2.45, 2.75) is 43.8 Å². The Morgan fingerprint density at radius 3 is 2.32 bits per heavy atom. The number of H-pyrrole nitrogens is 2. The summed E-state index contributed by atoms with van der Waals surface area (Å²) in [6.45, 7) is 0.0967. The van der Waals surface area contributed by atoms with Gasteiger partial charge in [-0.3, -0.25) is 19.2 Å². The Balaban J connectivity index is 1.38. The first kappa shape index (κ1) is 29.0. The molecule has 3 unspecified atom stereocenters. The first-order valence-corrected chi connectivity index (χ1v) is 13.2. The van der Waals surface area contributed by atoms with Crippen LogP contribution in [0.1, 0.15) is 60.6 Å². The van der Waals surface area contributed by atoms with Crippen LogP contribution in [0.5, 0.6) is 0 Å². The fourth-order valence-electron chi connectivity index (χ4n) is 4.60. The molecule has 12 nitrogen and oxygen atoms in total. The van der Waals surface area contributed by atoms with E-state index in [0.29, 0.717) is 11.3 Å². The SMILES string of the molecule is NC(CC(=O)NCCC(=O)NC(CC(=O)NC(CC(=O)O)c1cnc[nH]1)c1c[nH]c2ccccc12)c1ccccc1. The zero-order valence-electron chi connectivity index (χ0n) is 22.3. The van der Waals surface area contributed by atoms with Gasteiger partial charge in [-0.15, -0.1) is 0 Å². The van der Waals surface area contributed by atoms with Crippen molar-refractivity contribution < 1.29 is 24.3 Å². The number of benzene rings is 2. The van der Waals surface area contributed by atoms with Crippen molar-refractivity contribution >= 4 is 34.6 Å². The Morgan fingerprint density at radius 1 is 0.854 bits per heavy atom. The minimum Gasteiger partial charge on any atom is -0.481 e. The van der Waals surface area contributed by atoms with E-state index in [1.807, 2.05) is 54.6 Å². The van der Waals surface area contributed by atoms with Crippen molar-refractivity contribution in [3.8, 4) is 0 Å². The van der Waals surface area contributed by atoms with Crippen LogP contribution in [0.2, 0.25) is 0 Å². The number of hydrogen-bond acceptors (Lipinski definition) is 6. The second-order valence-corrected chi connectivity index (χ2v) is 9.66. The number of hydrogen-bond donors (Lipinski definition) is 7. The number of carbonyl (C=O) groups excluding carboxylic acids is 3. The van der Waals surface area contributed by atoms with Gasteiger partial charge < -0.3 is 36.8 Å². The number of imidazole rings is 1. The molecule has 0 saturated carbocycles. The molecule has 2 aromatic carbocycles. The fraction of sp³-hybridized carbons (Fsp3) is 0.276. The Hall–Kier alpha value is -4.97. The van der Waals surface area contributed by atoms with Gasteiger partial charge >= 0.3 is 5.97 Å². The number of carboxylic acids is 1. The molecule has 0 fully saturated rings. The van der Waals surface area contributed by atoms with Gasteiger partial charge in [0, 0.05) is 48.1 Å². The summed E-state index contributed by atoms with van der Waals surface area (Å²) in [6.07, 6.45) is 4.18. The van der Waals surface area contributed by atoms with Gasteiger partial charge in [-0.2, -0.15) is 0 Å². The number of carboxylic acid groups (broad SMARTS) is 1. The van der Waals surface area contributed by atoms with Gasteiger partial charge in [-0.1, -0.05) is 48.5 Å². The van der Waals surface area contributed by atoms with Crippen LogP contribution >= 0.6 is 0 Å². The molecule has 0 bridgehead atoms. The van der Waals surface area contributed by atoms with E-state index < -0.39 is 30.0 Å². The van der Waals surface area contributed by atoms with E-state index >= 15 is 0 Å². The molecule has 12 heteroatoms. The van der Waals surface area contributed by atoms with Gasteiger partial charge in [0.15, 0.2) is 0 Å². The molecule has 0 aliphatic heterocycles. The molecule has 4 rings (SSSR count). The predicted octanol–water partition coefficient (Wildman–Crippen LogP) is 2.37. The van der Waals surface area contributed by atoms with Crippen LogP contribution in [0.4, 0.5) is 0 Å². The number of fused-ring (bicyclic) bond motifs is 1. The van der Waals surface area contributed by atoms with Gasteiger partial charge in [0.05, 0.1) is 43.1 Å². The molecule has 0 aliphatic rings. The number of aliphatic carboxylic acids is 1. The number of para-hydroxylation sites is 1. The molecule has 2 aromatic heterocycles. The number of aromatic nitrogens is 3. The minimum absolute atomic E-state index is 0.0113. The lowest BCUT2D eigenvalue weighted by atomic mass is 10.0. The van der Waals surface area contributed by atoms with Crippen LogP contribution in [-0.2, 0) is 19.2 Å². The molecule has 0 radical (unpaired) electrons. The molecule has 4 aromatic rings. The van der Waals surface area contributed by atoms with Crippen molar-refractivity contribution in [3.05, 3.63) is 90.1 Å². The molecule has 8 N–H and O–H groups in total. The molecular weight excluding hydrogens is 526 g/mol. The lowest BCUT2D eigenvalue weighted by molar-refractivity contribution is -0.138. The van der Waals surface area contributed by atoms with Crippen molar-refractivity contribution in [2.24, 2.45) is 5.73 Å². The quantitative estimate of drug-likeness (QED) is 0.123. The molecule has 0 spiro atoms. The van der Waals surface area contributed by atoms with E-state index in [0.717, 1.165) is 16.5 Å². The summed E-state index contributed by atoms with van der Waals surface area (Å²) in [6, 6.07) is 14.8. The summed E-state index contributed by atoms with van der Waals surface area (Å²) in [5, 5.41) is 18.5. The maximum Gasteiger partial charge on any atom is 0.305 e. The van der Waals surface area contributed by atoms with Crippen LogP contribution in [0, 0.1) is 0 Å². The highest BCUT2D eigenvalue weighted by atomic mass is 16.4. The van der Waals surface area contributed by atoms with E-state index in [2.05, 4.69) is 30.9 Å². The monoisotopic (exact) mass is 559 g/mol. The fourth-order valence-corrected chi connectivity index (χ4v) is 4.60. The van der Waals surface area contributed by atoms with Crippen LogP contribution in [-0.4, -0.2) is 50.3 Å².